The molecule has 8 aromatic carbocycles. The second-order valence-electron chi connectivity index (χ2n) is 14.1. The minimum atomic E-state index is 0.926. The van der Waals surface area contributed by atoms with E-state index >= 15 is 0 Å². The molecule has 0 radical (unpaired) electrons. The van der Waals surface area contributed by atoms with Gasteiger partial charge in [-0.05, 0) is 66.7 Å². The number of hydrogen-bond acceptors (Lipinski definition) is 2. The standard InChI is InChI=1S/C48H27N3O/c1-3-13-28(14-4-1)49(29-15-5-2-6-16-29)30-23-24-31-35-27-41-43(44-33-18-7-10-20-38(33)50(46(35)44)40(31)25-30)37-26-36-32-17-9-12-22-42(32)52-48(36)45-34-19-8-11-21-39(34)51(41)47(37)45/h1-27H. The molecule has 240 valence electrons. The van der Waals surface area contributed by atoms with Gasteiger partial charge in [-0.25, -0.2) is 0 Å². The highest BCUT2D eigenvalue weighted by atomic mass is 16.3. The van der Waals surface area contributed by atoms with E-state index in [1.807, 2.05) is 0 Å². The average molecular weight is 662 g/mol. The summed E-state index contributed by atoms with van der Waals surface area (Å²) < 4.78 is 11.7. The van der Waals surface area contributed by atoms with Crippen LogP contribution in [0.15, 0.2) is 168 Å². The largest absolute Gasteiger partial charge is 0.455 e. The van der Waals surface area contributed by atoms with Gasteiger partial charge in [-0.3, -0.25) is 0 Å². The summed E-state index contributed by atoms with van der Waals surface area (Å²) >= 11 is 0. The zero-order valence-electron chi connectivity index (χ0n) is 27.8. The Balaban J connectivity index is 1.23. The van der Waals surface area contributed by atoms with Crippen LogP contribution in [-0.2, 0) is 0 Å². The van der Waals surface area contributed by atoms with Crippen molar-refractivity contribution in [2.75, 3.05) is 4.90 Å². The van der Waals surface area contributed by atoms with Gasteiger partial charge in [0.05, 0.1) is 38.5 Å². The Kier molecular flexibility index (Phi) is 4.83. The van der Waals surface area contributed by atoms with Crippen LogP contribution in [0.1, 0.15) is 0 Å². The fourth-order valence-corrected chi connectivity index (χ4v) is 9.50. The molecule has 0 aliphatic carbocycles. The van der Waals surface area contributed by atoms with Crippen LogP contribution in [0.25, 0.3) is 98.1 Å². The van der Waals surface area contributed by atoms with Crippen molar-refractivity contribution in [1.29, 1.82) is 0 Å². The predicted molar refractivity (Wildman–Crippen MR) is 218 cm³/mol. The summed E-state index contributed by atoms with van der Waals surface area (Å²) in [4.78, 5) is 2.35. The summed E-state index contributed by atoms with van der Waals surface area (Å²) in [5.41, 5.74) is 12.6. The van der Waals surface area contributed by atoms with Crippen molar-refractivity contribution >= 4 is 115 Å². The zero-order chi connectivity index (χ0) is 33.7. The molecule has 0 aliphatic rings. The van der Waals surface area contributed by atoms with Crippen LogP contribution >= 0.6 is 0 Å². The van der Waals surface area contributed by atoms with Gasteiger partial charge >= 0.3 is 0 Å². The van der Waals surface area contributed by atoms with Crippen molar-refractivity contribution in [2.45, 2.75) is 0 Å². The third-order valence-corrected chi connectivity index (χ3v) is 11.5. The van der Waals surface area contributed by atoms with E-state index < -0.39 is 0 Å². The molecule has 0 spiro atoms. The molecule has 0 saturated heterocycles. The lowest BCUT2D eigenvalue weighted by molar-refractivity contribution is 0.673. The van der Waals surface area contributed by atoms with E-state index in [4.69, 9.17) is 4.42 Å². The average Bonchev–Trinajstić information content (AvgIpc) is 3.99. The second kappa shape index (κ2) is 9.39. The fraction of sp³-hybridized carbons (Fsp3) is 0. The van der Waals surface area contributed by atoms with E-state index in [9.17, 15) is 0 Å². The Morgan fingerprint density at radius 1 is 0.346 bits per heavy atom. The van der Waals surface area contributed by atoms with E-state index in [0.29, 0.717) is 0 Å². The predicted octanol–water partition coefficient (Wildman–Crippen LogP) is 13.4. The molecule has 0 atom stereocenters. The Labute approximate surface area is 296 Å². The lowest BCUT2D eigenvalue weighted by atomic mass is 9.99. The van der Waals surface area contributed by atoms with Crippen molar-refractivity contribution in [2.24, 2.45) is 0 Å². The minimum absolute atomic E-state index is 0.926. The zero-order valence-corrected chi connectivity index (χ0v) is 27.8. The third-order valence-electron chi connectivity index (χ3n) is 11.5. The molecule has 0 fully saturated rings. The number of fused-ring (bicyclic) bond motifs is 17. The van der Waals surface area contributed by atoms with Crippen LogP contribution in [-0.4, -0.2) is 8.80 Å². The van der Waals surface area contributed by atoms with Crippen LogP contribution in [0.4, 0.5) is 17.1 Å². The van der Waals surface area contributed by atoms with Gasteiger partial charge in [-0.15, -0.1) is 0 Å². The summed E-state index contributed by atoms with van der Waals surface area (Å²) in [6.07, 6.45) is 0. The van der Waals surface area contributed by atoms with Crippen molar-refractivity contribution in [3.8, 4) is 0 Å². The first-order valence-corrected chi connectivity index (χ1v) is 17.9. The van der Waals surface area contributed by atoms with Crippen LogP contribution in [0.3, 0.4) is 0 Å². The maximum absolute atomic E-state index is 6.68. The first-order chi connectivity index (χ1) is 25.8. The third kappa shape index (κ3) is 3.15. The van der Waals surface area contributed by atoms with Crippen molar-refractivity contribution in [1.82, 2.24) is 8.80 Å². The topological polar surface area (TPSA) is 25.2 Å². The van der Waals surface area contributed by atoms with Crippen molar-refractivity contribution < 1.29 is 4.42 Å². The first-order valence-electron chi connectivity index (χ1n) is 17.9. The van der Waals surface area contributed by atoms with Gasteiger partial charge in [0, 0.05) is 65.5 Å². The monoisotopic (exact) mass is 661 g/mol. The summed E-state index contributed by atoms with van der Waals surface area (Å²) in [5, 5.41) is 12.4. The first kappa shape index (κ1) is 26.8. The molecule has 0 bridgehead atoms. The Bertz CT molecular complexity index is 3530. The van der Waals surface area contributed by atoms with Gasteiger partial charge in [-0.1, -0.05) is 97.1 Å². The number of benzene rings is 8. The van der Waals surface area contributed by atoms with Gasteiger partial charge in [0.1, 0.15) is 11.2 Å². The normalized spacial score (nSPS) is 12.6. The number of rotatable bonds is 3. The molecular formula is C48H27N3O. The van der Waals surface area contributed by atoms with E-state index in [1.165, 1.54) is 81.6 Å². The molecule has 4 nitrogen and oxygen atoms in total. The molecule has 52 heavy (non-hydrogen) atoms. The molecule has 5 heterocycles. The fourth-order valence-electron chi connectivity index (χ4n) is 9.50. The smallest absolute Gasteiger partial charge is 0.145 e. The molecule has 0 saturated carbocycles. The van der Waals surface area contributed by atoms with Gasteiger partial charge in [-0.2, -0.15) is 0 Å². The summed E-state index contributed by atoms with van der Waals surface area (Å²) in [7, 11) is 0. The Morgan fingerprint density at radius 3 is 1.67 bits per heavy atom. The number of nitrogens with zero attached hydrogens (tertiary/aromatic N) is 3. The molecule has 0 aliphatic heterocycles. The van der Waals surface area contributed by atoms with Gasteiger partial charge in [0.25, 0.3) is 0 Å². The SMILES string of the molecule is c1ccc(N(c2ccccc2)c2ccc3c4cc5c(c6cc7c8ccccc8oc7c7c8ccccc8n5c67)c5c6ccccc6n(c3c2)c45)cc1. The van der Waals surface area contributed by atoms with Crippen LogP contribution in [0.5, 0.6) is 0 Å². The second-order valence-corrected chi connectivity index (χ2v) is 14.1. The van der Waals surface area contributed by atoms with Crippen molar-refractivity contribution in [3.05, 3.63) is 164 Å². The van der Waals surface area contributed by atoms with Gasteiger partial charge in [0.2, 0.25) is 0 Å². The van der Waals surface area contributed by atoms with E-state index in [2.05, 4.69) is 177 Å². The van der Waals surface area contributed by atoms with Crippen LogP contribution in [0.2, 0.25) is 0 Å². The Hall–Kier alpha value is -7.04. The molecule has 4 heteroatoms. The highest BCUT2D eigenvalue weighted by molar-refractivity contribution is 6.40. The van der Waals surface area contributed by atoms with Crippen LogP contribution < -0.4 is 4.90 Å². The van der Waals surface area contributed by atoms with Crippen LogP contribution in [0, 0.1) is 0 Å². The summed E-state index contributed by atoms with van der Waals surface area (Å²) in [6, 6.07) is 59.4. The highest BCUT2D eigenvalue weighted by Gasteiger charge is 2.28. The molecule has 13 rings (SSSR count). The van der Waals surface area contributed by atoms with Gasteiger partial charge in [0.15, 0.2) is 0 Å². The number of para-hydroxylation sites is 5. The maximum atomic E-state index is 6.68. The molecular weight excluding hydrogens is 635 g/mol. The molecule has 13 aromatic rings. The van der Waals surface area contributed by atoms with Crippen molar-refractivity contribution in [3.63, 3.8) is 0 Å². The number of hydrogen-bond donors (Lipinski definition) is 0. The molecule has 5 aromatic heterocycles. The lowest BCUT2D eigenvalue weighted by Crippen LogP contribution is -2.09. The lowest BCUT2D eigenvalue weighted by Gasteiger charge is -2.25. The van der Waals surface area contributed by atoms with Gasteiger partial charge < -0.3 is 18.1 Å². The van der Waals surface area contributed by atoms with E-state index in [1.54, 1.807) is 0 Å². The quantitative estimate of drug-likeness (QED) is 0.188. The molecule has 0 unspecified atom stereocenters. The summed E-state index contributed by atoms with van der Waals surface area (Å²) in [6.45, 7) is 0. The summed E-state index contributed by atoms with van der Waals surface area (Å²) in [5.74, 6) is 0. The van der Waals surface area contributed by atoms with E-state index in [0.717, 1.165) is 33.6 Å². The number of anilines is 3. The minimum Gasteiger partial charge on any atom is -0.455 e. The molecule has 0 N–H and O–H groups in total. The van der Waals surface area contributed by atoms with E-state index in [-0.39, 0.29) is 0 Å². The Morgan fingerprint density at radius 2 is 0.942 bits per heavy atom. The maximum Gasteiger partial charge on any atom is 0.145 e. The number of aromatic nitrogens is 2. The highest BCUT2D eigenvalue weighted by Crippen LogP contribution is 2.51. The number of furan rings is 1. The molecule has 0 amide bonds.